The summed E-state index contributed by atoms with van der Waals surface area (Å²) >= 11 is 0. The Kier molecular flexibility index (Phi) is 4.36. The molecule has 1 N–H and O–H groups in total. The van der Waals surface area contributed by atoms with E-state index in [4.69, 9.17) is 0 Å². The first-order chi connectivity index (χ1) is 10.3. The molecule has 3 rings (SSSR count). The number of nitrogens with zero attached hydrogens (tertiary/aromatic N) is 3. The monoisotopic (exact) mass is 284 g/mol. The van der Waals surface area contributed by atoms with Gasteiger partial charge >= 0.3 is 0 Å². The Hall–Kier alpha value is -1.65. The van der Waals surface area contributed by atoms with Crippen LogP contribution in [0.15, 0.2) is 42.7 Å². The van der Waals surface area contributed by atoms with Gasteiger partial charge in [0.15, 0.2) is 0 Å². The Morgan fingerprint density at radius 3 is 2.90 bits per heavy atom. The molecule has 0 radical (unpaired) electrons. The third kappa shape index (κ3) is 3.17. The van der Waals surface area contributed by atoms with Crippen LogP contribution in [0.25, 0.3) is 5.69 Å². The third-order valence-corrected chi connectivity index (χ3v) is 4.46. The van der Waals surface area contributed by atoms with Gasteiger partial charge in [-0.25, -0.2) is 4.68 Å². The normalized spacial score (nSPS) is 20.8. The van der Waals surface area contributed by atoms with Crippen molar-refractivity contribution in [3.63, 3.8) is 0 Å². The molecule has 4 heteroatoms. The highest BCUT2D eigenvalue weighted by molar-refractivity contribution is 5.31. The maximum atomic E-state index is 4.51. The molecule has 0 bridgehead atoms. The zero-order chi connectivity index (χ0) is 14.7. The standard InChI is InChI=1S/C17H24N4/c1-14(20-9-8-15(12-20)10-18-2)16-11-19-21(13-16)17-6-4-3-5-7-17/h3-7,11,13-15,18H,8-10,12H2,1-2H3. The minimum Gasteiger partial charge on any atom is -0.319 e. The van der Waals surface area contributed by atoms with E-state index >= 15 is 0 Å². The second-order valence-corrected chi connectivity index (χ2v) is 5.94. The number of para-hydroxylation sites is 1. The molecule has 2 atom stereocenters. The molecule has 1 fully saturated rings. The molecule has 4 nitrogen and oxygen atoms in total. The van der Waals surface area contributed by atoms with Crippen LogP contribution in [-0.4, -0.2) is 41.4 Å². The highest BCUT2D eigenvalue weighted by Crippen LogP contribution is 2.27. The summed E-state index contributed by atoms with van der Waals surface area (Å²) in [5.74, 6) is 0.779. The first-order valence-corrected chi connectivity index (χ1v) is 7.76. The molecule has 1 aromatic carbocycles. The van der Waals surface area contributed by atoms with Gasteiger partial charge in [0.25, 0.3) is 0 Å². The van der Waals surface area contributed by atoms with Crippen molar-refractivity contribution in [2.45, 2.75) is 19.4 Å². The van der Waals surface area contributed by atoms with E-state index in [-0.39, 0.29) is 0 Å². The molecule has 1 saturated heterocycles. The van der Waals surface area contributed by atoms with Gasteiger partial charge in [-0.3, -0.25) is 4.90 Å². The Morgan fingerprint density at radius 1 is 1.33 bits per heavy atom. The predicted molar refractivity (Wildman–Crippen MR) is 85.6 cm³/mol. The van der Waals surface area contributed by atoms with Crippen molar-refractivity contribution < 1.29 is 0 Å². The van der Waals surface area contributed by atoms with Crippen molar-refractivity contribution in [1.82, 2.24) is 20.0 Å². The Morgan fingerprint density at radius 2 is 2.14 bits per heavy atom. The topological polar surface area (TPSA) is 33.1 Å². The largest absolute Gasteiger partial charge is 0.319 e. The number of hydrogen-bond acceptors (Lipinski definition) is 3. The highest BCUT2D eigenvalue weighted by atomic mass is 15.3. The van der Waals surface area contributed by atoms with E-state index < -0.39 is 0 Å². The lowest BCUT2D eigenvalue weighted by Gasteiger charge is -2.23. The van der Waals surface area contributed by atoms with Crippen LogP contribution in [0.1, 0.15) is 24.9 Å². The van der Waals surface area contributed by atoms with Gasteiger partial charge in [-0.05, 0) is 51.5 Å². The third-order valence-electron chi connectivity index (χ3n) is 4.46. The lowest BCUT2D eigenvalue weighted by molar-refractivity contribution is 0.252. The average molecular weight is 284 g/mol. The number of nitrogens with one attached hydrogen (secondary N) is 1. The molecule has 2 unspecified atom stereocenters. The molecule has 1 aliphatic rings. The average Bonchev–Trinajstić information content (AvgIpc) is 3.17. The summed E-state index contributed by atoms with van der Waals surface area (Å²) < 4.78 is 1.97. The number of likely N-dealkylation sites (tertiary alicyclic amines) is 1. The molecule has 1 aromatic heterocycles. The van der Waals surface area contributed by atoms with Gasteiger partial charge in [-0.2, -0.15) is 5.10 Å². The zero-order valence-corrected chi connectivity index (χ0v) is 12.9. The fourth-order valence-electron chi connectivity index (χ4n) is 3.15. The summed E-state index contributed by atoms with van der Waals surface area (Å²) in [6, 6.07) is 10.7. The molecular weight excluding hydrogens is 260 g/mol. The molecule has 0 aliphatic carbocycles. The SMILES string of the molecule is CNCC1CCN(C(C)c2cnn(-c3ccccc3)c2)C1. The van der Waals surface area contributed by atoms with Crippen LogP contribution in [0.2, 0.25) is 0 Å². The number of hydrogen-bond donors (Lipinski definition) is 1. The van der Waals surface area contributed by atoms with Crippen LogP contribution in [-0.2, 0) is 0 Å². The van der Waals surface area contributed by atoms with E-state index in [9.17, 15) is 0 Å². The van der Waals surface area contributed by atoms with E-state index in [1.165, 1.54) is 25.1 Å². The smallest absolute Gasteiger partial charge is 0.0645 e. The van der Waals surface area contributed by atoms with Crippen molar-refractivity contribution in [2.24, 2.45) is 5.92 Å². The van der Waals surface area contributed by atoms with E-state index in [1.54, 1.807) is 0 Å². The van der Waals surface area contributed by atoms with Crippen molar-refractivity contribution in [3.05, 3.63) is 48.3 Å². The molecular formula is C17H24N4. The molecule has 2 heterocycles. The highest BCUT2D eigenvalue weighted by Gasteiger charge is 2.26. The van der Waals surface area contributed by atoms with E-state index in [0.717, 1.165) is 18.2 Å². The van der Waals surface area contributed by atoms with Crippen molar-refractivity contribution >= 4 is 0 Å². The lowest BCUT2D eigenvalue weighted by atomic mass is 10.1. The van der Waals surface area contributed by atoms with Crippen molar-refractivity contribution in [3.8, 4) is 5.69 Å². The minimum atomic E-state index is 0.435. The zero-order valence-electron chi connectivity index (χ0n) is 12.9. The van der Waals surface area contributed by atoms with Crippen molar-refractivity contribution in [1.29, 1.82) is 0 Å². The summed E-state index contributed by atoms with van der Waals surface area (Å²) in [6.07, 6.45) is 5.45. The minimum absolute atomic E-state index is 0.435. The molecule has 1 aliphatic heterocycles. The van der Waals surface area contributed by atoms with Gasteiger partial charge in [0.2, 0.25) is 0 Å². The molecule has 0 saturated carbocycles. The fraction of sp³-hybridized carbons (Fsp3) is 0.471. The van der Waals surface area contributed by atoms with E-state index in [2.05, 4.69) is 40.6 Å². The van der Waals surface area contributed by atoms with E-state index in [1.807, 2.05) is 36.1 Å². The van der Waals surface area contributed by atoms with Crippen LogP contribution in [0.5, 0.6) is 0 Å². The predicted octanol–water partition coefficient (Wildman–Crippen LogP) is 2.47. The van der Waals surface area contributed by atoms with Crippen LogP contribution >= 0.6 is 0 Å². The summed E-state index contributed by atoms with van der Waals surface area (Å²) in [7, 11) is 2.04. The number of benzene rings is 1. The molecule has 0 spiro atoms. The van der Waals surface area contributed by atoms with Gasteiger partial charge in [-0.15, -0.1) is 0 Å². The number of rotatable bonds is 5. The summed E-state index contributed by atoms with van der Waals surface area (Å²) in [5, 5.41) is 7.80. The molecule has 0 amide bonds. The van der Waals surface area contributed by atoms with Crippen LogP contribution in [0.4, 0.5) is 0 Å². The van der Waals surface area contributed by atoms with Crippen molar-refractivity contribution in [2.75, 3.05) is 26.7 Å². The second kappa shape index (κ2) is 6.41. The van der Waals surface area contributed by atoms with Crippen LogP contribution in [0, 0.1) is 5.92 Å². The Bertz CT molecular complexity index is 563. The maximum absolute atomic E-state index is 4.51. The summed E-state index contributed by atoms with van der Waals surface area (Å²) in [4.78, 5) is 2.56. The lowest BCUT2D eigenvalue weighted by Crippen LogP contribution is -2.26. The van der Waals surface area contributed by atoms with Crippen LogP contribution < -0.4 is 5.32 Å². The molecule has 112 valence electrons. The molecule has 21 heavy (non-hydrogen) atoms. The quantitative estimate of drug-likeness (QED) is 0.915. The number of aromatic nitrogens is 2. The first kappa shape index (κ1) is 14.3. The van der Waals surface area contributed by atoms with Gasteiger partial charge in [0, 0.05) is 24.3 Å². The van der Waals surface area contributed by atoms with Gasteiger partial charge in [0.1, 0.15) is 0 Å². The van der Waals surface area contributed by atoms with Crippen LogP contribution in [0.3, 0.4) is 0 Å². The van der Waals surface area contributed by atoms with Gasteiger partial charge in [-0.1, -0.05) is 18.2 Å². The van der Waals surface area contributed by atoms with Gasteiger partial charge < -0.3 is 5.32 Å². The second-order valence-electron chi connectivity index (χ2n) is 5.94. The Balaban J connectivity index is 1.69. The Labute approximate surface area is 126 Å². The maximum Gasteiger partial charge on any atom is 0.0645 e. The van der Waals surface area contributed by atoms with Gasteiger partial charge in [0.05, 0.1) is 11.9 Å². The first-order valence-electron chi connectivity index (χ1n) is 7.76. The fourth-order valence-corrected chi connectivity index (χ4v) is 3.15. The summed E-state index contributed by atoms with van der Waals surface area (Å²) in [5.41, 5.74) is 2.41. The summed E-state index contributed by atoms with van der Waals surface area (Å²) in [6.45, 7) is 5.77. The molecule has 2 aromatic rings. The van der Waals surface area contributed by atoms with E-state index in [0.29, 0.717) is 6.04 Å².